The summed E-state index contributed by atoms with van der Waals surface area (Å²) in [6.45, 7) is 1.98. The van der Waals surface area contributed by atoms with Crippen molar-refractivity contribution in [2.75, 3.05) is 7.05 Å². The van der Waals surface area contributed by atoms with Crippen molar-refractivity contribution in [2.45, 2.75) is 44.8 Å². The Kier molecular flexibility index (Phi) is 3.83. The standard InChI is InChI=1S/C16H21N3O/c1-11-12-7-3-4-8-13(12)16(19-18-11)20-15-10-6-5-9-14(15)17-2/h3-4,7-8,14-15,17H,5-6,9-10H2,1-2H3. The molecular formula is C16H21N3O. The lowest BCUT2D eigenvalue weighted by atomic mass is 9.92. The Balaban J connectivity index is 1.92. The number of ether oxygens (including phenoxy) is 1. The summed E-state index contributed by atoms with van der Waals surface area (Å²) in [5, 5.41) is 14.0. The fraction of sp³-hybridized carbons (Fsp3) is 0.500. The van der Waals surface area contributed by atoms with E-state index in [1.165, 1.54) is 19.3 Å². The van der Waals surface area contributed by atoms with Crippen LogP contribution in [-0.4, -0.2) is 29.4 Å². The van der Waals surface area contributed by atoms with E-state index < -0.39 is 0 Å². The summed E-state index contributed by atoms with van der Waals surface area (Å²) in [4.78, 5) is 0. The average molecular weight is 271 g/mol. The number of aryl methyl sites for hydroxylation is 1. The summed E-state index contributed by atoms with van der Waals surface area (Å²) in [6.07, 6.45) is 4.92. The highest BCUT2D eigenvalue weighted by molar-refractivity contribution is 5.88. The van der Waals surface area contributed by atoms with Crippen LogP contribution < -0.4 is 10.1 Å². The molecule has 0 bridgehead atoms. The van der Waals surface area contributed by atoms with Crippen LogP contribution in [0.25, 0.3) is 10.8 Å². The summed E-state index contributed by atoms with van der Waals surface area (Å²) in [6, 6.07) is 8.59. The van der Waals surface area contributed by atoms with Gasteiger partial charge < -0.3 is 10.1 Å². The zero-order chi connectivity index (χ0) is 13.9. The third kappa shape index (κ3) is 2.48. The van der Waals surface area contributed by atoms with Crippen molar-refractivity contribution in [1.29, 1.82) is 0 Å². The topological polar surface area (TPSA) is 47.0 Å². The maximum absolute atomic E-state index is 6.19. The molecule has 2 aromatic rings. The summed E-state index contributed by atoms with van der Waals surface area (Å²) in [5.74, 6) is 0.665. The second kappa shape index (κ2) is 5.75. The van der Waals surface area contributed by atoms with E-state index >= 15 is 0 Å². The molecule has 2 unspecified atom stereocenters. The molecule has 1 aliphatic carbocycles. The number of rotatable bonds is 3. The molecule has 1 aliphatic rings. The number of hydrogen-bond acceptors (Lipinski definition) is 4. The third-order valence-corrected chi connectivity index (χ3v) is 4.17. The van der Waals surface area contributed by atoms with Crippen LogP contribution >= 0.6 is 0 Å². The molecule has 20 heavy (non-hydrogen) atoms. The van der Waals surface area contributed by atoms with Gasteiger partial charge in [-0.15, -0.1) is 5.10 Å². The number of fused-ring (bicyclic) bond motifs is 1. The lowest BCUT2D eigenvalue weighted by Crippen LogP contribution is -2.43. The van der Waals surface area contributed by atoms with Gasteiger partial charge in [-0.2, -0.15) is 5.10 Å². The number of nitrogens with one attached hydrogen (secondary N) is 1. The maximum atomic E-state index is 6.19. The zero-order valence-electron chi connectivity index (χ0n) is 12.1. The SMILES string of the molecule is CNC1CCCCC1Oc1nnc(C)c2ccccc12. The molecule has 4 heteroatoms. The van der Waals surface area contributed by atoms with Crippen molar-refractivity contribution in [1.82, 2.24) is 15.5 Å². The molecular weight excluding hydrogens is 250 g/mol. The number of nitrogens with zero attached hydrogens (tertiary/aromatic N) is 2. The predicted octanol–water partition coefficient (Wildman–Crippen LogP) is 2.85. The summed E-state index contributed by atoms with van der Waals surface area (Å²) in [7, 11) is 2.01. The van der Waals surface area contributed by atoms with E-state index in [1.54, 1.807) is 0 Å². The molecule has 0 amide bonds. The van der Waals surface area contributed by atoms with E-state index in [2.05, 4.69) is 27.6 Å². The summed E-state index contributed by atoms with van der Waals surface area (Å²) in [5.41, 5.74) is 0.946. The highest BCUT2D eigenvalue weighted by Gasteiger charge is 2.26. The first-order valence-corrected chi connectivity index (χ1v) is 7.35. The van der Waals surface area contributed by atoms with E-state index in [9.17, 15) is 0 Å². The van der Waals surface area contributed by atoms with E-state index in [0.717, 1.165) is 22.9 Å². The molecule has 0 spiro atoms. The van der Waals surface area contributed by atoms with Crippen molar-refractivity contribution in [3.8, 4) is 5.88 Å². The van der Waals surface area contributed by atoms with Gasteiger partial charge in [0.05, 0.1) is 5.69 Å². The van der Waals surface area contributed by atoms with Gasteiger partial charge in [-0.05, 0) is 39.3 Å². The predicted molar refractivity (Wildman–Crippen MR) is 80.0 cm³/mol. The van der Waals surface area contributed by atoms with E-state index in [-0.39, 0.29) is 6.10 Å². The number of aromatic nitrogens is 2. The normalized spacial score (nSPS) is 22.9. The Morgan fingerprint density at radius 3 is 2.65 bits per heavy atom. The molecule has 106 valence electrons. The van der Waals surface area contributed by atoms with Crippen LogP contribution in [0, 0.1) is 6.92 Å². The van der Waals surface area contributed by atoms with Crippen molar-refractivity contribution < 1.29 is 4.74 Å². The largest absolute Gasteiger partial charge is 0.471 e. The van der Waals surface area contributed by atoms with Crippen molar-refractivity contribution in [3.63, 3.8) is 0 Å². The van der Waals surface area contributed by atoms with Gasteiger partial charge in [0, 0.05) is 16.8 Å². The van der Waals surface area contributed by atoms with Gasteiger partial charge >= 0.3 is 0 Å². The fourth-order valence-electron chi connectivity index (χ4n) is 3.01. The number of hydrogen-bond donors (Lipinski definition) is 1. The Labute approximate surface area is 119 Å². The summed E-state index contributed by atoms with van der Waals surface area (Å²) >= 11 is 0. The summed E-state index contributed by atoms with van der Waals surface area (Å²) < 4.78 is 6.19. The molecule has 1 fully saturated rings. The Morgan fingerprint density at radius 1 is 1.10 bits per heavy atom. The lowest BCUT2D eigenvalue weighted by molar-refractivity contribution is 0.113. The molecule has 0 saturated heterocycles. The molecule has 3 rings (SSSR count). The fourth-order valence-corrected chi connectivity index (χ4v) is 3.01. The molecule has 0 aliphatic heterocycles. The van der Waals surface area contributed by atoms with E-state index in [1.807, 2.05) is 26.1 Å². The van der Waals surface area contributed by atoms with Gasteiger partial charge in [-0.1, -0.05) is 24.6 Å². The Morgan fingerprint density at radius 2 is 1.85 bits per heavy atom. The zero-order valence-corrected chi connectivity index (χ0v) is 12.1. The highest BCUT2D eigenvalue weighted by atomic mass is 16.5. The molecule has 0 radical (unpaired) electrons. The minimum Gasteiger partial charge on any atom is -0.471 e. The number of benzene rings is 1. The van der Waals surface area contributed by atoms with Crippen LogP contribution in [0.5, 0.6) is 5.88 Å². The van der Waals surface area contributed by atoms with Crippen molar-refractivity contribution >= 4 is 10.8 Å². The second-order valence-electron chi connectivity index (χ2n) is 5.47. The van der Waals surface area contributed by atoms with Gasteiger partial charge in [-0.3, -0.25) is 0 Å². The minimum absolute atomic E-state index is 0.189. The minimum atomic E-state index is 0.189. The highest BCUT2D eigenvalue weighted by Crippen LogP contribution is 2.28. The molecule has 1 aromatic heterocycles. The monoisotopic (exact) mass is 271 g/mol. The molecule has 1 saturated carbocycles. The molecule has 1 aromatic carbocycles. The van der Waals surface area contributed by atoms with Gasteiger partial charge in [0.1, 0.15) is 6.10 Å². The van der Waals surface area contributed by atoms with Crippen molar-refractivity contribution in [3.05, 3.63) is 30.0 Å². The van der Waals surface area contributed by atoms with E-state index in [4.69, 9.17) is 4.74 Å². The quantitative estimate of drug-likeness (QED) is 0.932. The van der Waals surface area contributed by atoms with Gasteiger partial charge in [0.15, 0.2) is 0 Å². The molecule has 1 heterocycles. The van der Waals surface area contributed by atoms with Gasteiger partial charge in [0.25, 0.3) is 0 Å². The van der Waals surface area contributed by atoms with Gasteiger partial charge in [0.2, 0.25) is 5.88 Å². The lowest BCUT2D eigenvalue weighted by Gasteiger charge is -2.31. The van der Waals surface area contributed by atoms with Crippen LogP contribution in [-0.2, 0) is 0 Å². The average Bonchev–Trinajstić information content (AvgIpc) is 2.51. The van der Waals surface area contributed by atoms with E-state index in [0.29, 0.717) is 11.9 Å². The van der Waals surface area contributed by atoms with Gasteiger partial charge in [-0.25, -0.2) is 0 Å². The number of likely N-dealkylation sites (N-methyl/N-ethyl adjacent to an activating group) is 1. The Bertz CT molecular complexity index is 599. The van der Waals surface area contributed by atoms with Crippen LogP contribution in [0.4, 0.5) is 0 Å². The smallest absolute Gasteiger partial charge is 0.241 e. The molecule has 1 N–H and O–H groups in total. The Hall–Kier alpha value is -1.68. The van der Waals surface area contributed by atoms with Crippen LogP contribution in [0.15, 0.2) is 24.3 Å². The first kappa shape index (κ1) is 13.3. The van der Waals surface area contributed by atoms with Crippen molar-refractivity contribution in [2.24, 2.45) is 0 Å². The maximum Gasteiger partial charge on any atom is 0.241 e. The second-order valence-corrected chi connectivity index (χ2v) is 5.47. The van der Waals surface area contributed by atoms with Crippen LogP contribution in [0.1, 0.15) is 31.4 Å². The third-order valence-electron chi connectivity index (χ3n) is 4.17. The molecule has 4 nitrogen and oxygen atoms in total. The molecule has 2 atom stereocenters. The first-order valence-electron chi connectivity index (χ1n) is 7.35. The first-order chi connectivity index (χ1) is 9.79. The van der Waals surface area contributed by atoms with Crippen LogP contribution in [0.2, 0.25) is 0 Å². The van der Waals surface area contributed by atoms with Crippen LogP contribution in [0.3, 0.4) is 0 Å².